The Kier molecular flexibility index (Phi) is 21.9. The van der Waals surface area contributed by atoms with Crippen molar-refractivity contribution in [3.63, 3.8) is 0 Å². The first-order valence-corrected chi connectivity index (χ1v) is 3.43. The van der Waals surface area contributed by atoms with Gasteiger partial charge in [-0.25, -0.2) is 24.3 Å². The maximum atomic E-state index is 2.99. The fourth-order valence-corrected chi connectivity index (χ4v) is 0.680. The van der Waals surface area contributed by atoms with Crippen LogP contribution in [0.25, 0.3) is 0 Å². The van der Waals surface area contributed by atoms with Gasteiger partial charge in [-0.15, -0.1) is 12.8 Å². The molecule has 3 heteroatoms. The van der Waals surface area contributed by atoms with Crippen molar-refractivity contribution in [2.45, 2.75) is 12.8 Å². The minimum Gasteiger partial charge on any atom is -1.00 e. The van der Waals surface area contributed by atoms with Crippen molar-refractivity contribution in [3.05, 3.63) is 48.6 Å². The minimum atomic E-state index is 0. The second-order valence-electron chi connectivity index (χ2n) is 2.01. The zero-order chi connectivity index (χ0) is 7.07. The van der Waals surface area contributed by atoms with Crippen LogP contribution >= 0.6 is 0 Å². The van der Waals surface area contributed by atoms with Crippen LogP contribution in [-0.2, 0) is 21.7 Å². The van der Waals surface area contributed by atoms with E-state index in [2.05, 4.69) is 24.3 Å². The first-order chi connectivity index (χ1) is 5.00. The summed E-state index contributed by atoms with van der Waals surface area (Å²) in [5.74, 6) is 0. The third-order valence-corrected chi connectivity index (χ3v) is 1.17. The predicted octanol–water partition coefficient (Wildman–Crippen LogP) is -3.38. The van der Waals surface area contributed by atoms with Gasteiger partial charge in [0.2, 0.25) is 0 Å². The van der Waals surface area contributed by atoms with Crippen molar-refractivity contribution in [3.8, 4) is 0 Å². The van der Waals surface area contributed by atoms with Gasteiger partial charge in [0.15, 0.2) is 0 Å². The van der Waals surface area contributed by atoms with Crippen molar-refractivity contribution in [1.29, 1.82) is 0 Å². The van der Waals surface area contributed by atoms with Crippen LogP contribution < -0.4 is 29.4 Å². The van der Waals surface area contributed by atoms with Crippen LogP contribution in [0.3, 0.4) is 0 Å². The summed E-state index contributed by atoms with van der Waals surface area (Å²) in [5, 5.41) is 0. The molecule has 2 rings (SSSR count). The van der Waals surface area contributed by atoms with Crippen LogP contribution in [-0.4, -0.2) is 0 Å². The molecule has 0 aromatic carbocycles. The molecule has 0 radical (unpaired) electrons. The van der Waals surface area contributed by atoms with E-state index in [9.17, 15) is 0 Å². The predicted molar refractivity (Wildman–Crippen MR) is 43.1 cm³/mol. The molecule has 0 nitrogen and oxygen atoms in total. The molecule has 13 heavy (non-hydrogen) atoms. The van der Waals surface area contributed by atoms with Gasteiger partial charge in [-0.3, -0.25) is 12.2 Å². The Bertz CT molecular complexity index is 153. The number of allylic oxidation sites excluding steroid dienone is 8. The second-order valence-corrected chi connectivity index (χ2v) is 2.01. The van der Waals surface area contributed by atoms with Gasteiger partial charge in [-0.1, -0.05) is 0 Å². The first kappa shape index (κ1) is 19.1. The van der Waals surface area contributed by atoms with Crippen LogP contribution in [0.2, 0.25) is 0 Å². The molecule has 2 aliphatic carbocycles. The summed E-state index contributed by atoms with van der Waals surface area (Å²) in [4.78, 5) is 0. The summed E-state index contributed by atoms with van der Waals surface area (Å²) in [6.45, 7) is 0. The van der Waals surface area contributed by atoms with E-state index in [0.29, 0.717) is 0 Å². The number of hydrogen-bond donors (Lipinski definition) is 0. The first-order valence-electron chi connectivity index (χ1n) is 3.43. The number of rotatable bonds is 0. The van der Waals surface area contributed by atoms with Crippen LogP contribution in [0.1, 0.15) is 12.8 Å². The molecule has 0 unspecified atom stereocenters. The molecule has 0 N–H and O–H groups in total. The van der Waals surface area contributed by atoms with E-state index in [-0.39, 0.29) is 51.1 Å². The van der Waals surface area contributed by atoms with Crippen molar-refractivity contribution < 1.29 is 51.1 Å². The Labute approximate surface area is 112 Å². The summed E-state index contributed by atoms with van der Waals surface area (Å²) >= 11 is 0. The average Bonchev–Trinajstić information content (AvgIpc) is 2.67. The summed E-state index contributed by atoms with van der Waals surface area (Å²) in [5.41, 5.74) is 0. The Morgan fingerprint density at radius 3 is 1.31 bits per heavy atom. The molecule has 0 saturated carbocycles. The normalized spacial score (nSPS) is 13.5. The monoisotopic (exact) mass is 292 g/mol. The molecule has 68 valence electrons. The number of hydrogen-bond acceptors (Lipinski definition) is 0. The van der Waals surface area contributed by atoms with Gasteiger partial charge in [0.1, 0.15) is 0 Å². The van der Waals surface area contributed by atoms with Crippen LogP contribution in [0, 0.1) is 12.2 Å². The SMILES string of the molecule is [Br-].[C-]1=CC=CC1.[C-]1=CC=CC1.[Cl-].[Ti+4]. The van der Waals surface area contributed by atoms with Gasteiger partial charge < -0.3 is 29.4 Å². The van der Waals surface area contributed by atoms with Gasteiger partial charge in [0.05, 0.1) is 0 Å². The molecule has 0 aromatic heterocycles. The van der Waals surface area contributed by atoms with E-state index in [1.165, 1.54) is 0 Å². The molecule has 0 spiro atoms. The molecule has 0 saturated heterocycles. The molecule has 0 bridgehead atoms. The summed E-state index contributed by atoms with van der Waals surface area (Å²) < 4.78 is 0. The Morgan fingerprint density at radius 2 is 1.23 bits per heavy atom. The average molecular weight is 293 g/mol. The largest absolute Gasteiger partial charge is 4.00 e. The molecule has 0 aliphatic heterocycles. The van der Waals surface area contributed by atoms with Crippen molar-refractivity contribution >= 4 is 0 Å². The van der Waals surface area contributed by atoms with Crippen LogP contribution in [0.15, 0.2) is 36.5 Å². The third-order valence-electron chi connectivity index (χ3n) is 1.17. The Hall–Kier alpha value is 0.444. The minimum absolute atomic E-state index is 0. The van der Waals surface area contributed by atoms with Crippen molar-refractivity contribution in [2.75, 3.05) is 0 Å². The second kappa shape index (κ2) is 14.9. The fourth-order valence-electron chi connectivity index (χ4n) is 0.680. The van der Waals surface area contributed by atoms with Gasteiger partial charge in [-0.05, 0) is 0 Å². The maximum absolute atomic E-state index is 2.99. The molecular weight excluding hydrogens is 283 g/mol. The van der Waals surface area contributed by atoms with Gasteiger partial charge >= 0.3 is 21.7 Å². The summed E-state index contributed by atoms with van der Waals surface area (Å²) in [6.07, 6.45) is 20.0. The van der Waals surface area contributed by atoms with Gasteiger partial charge in [0, 0.05) is 0 Å². The van der Waals surface area contributed by atoms with E-state index in [1.807, 2.05) is 24.3 Å². The summed E-state index contributed by atoms with van der Waals surface area (Å²) in [6, 6.07) is 0. The maximum Gasteiger partial charge on any atom is 4.00 e. The van der Waals surface area contributed by atoms with Crippen LogP contribution in [0.5, 0.6) is 0 Å². The van der Waals surface area contributed by atoms with Gasteiger partial charge in [0.25, 0.3) is 0 Å². The zero-order valence-electron chi connectivity index (χ0n) is 7.13. The quantitative estimate of drug-likeness (QED) is 0.323. The zero-order valence-corrected chi connectivity index (χ0v) is 11.0. The van der Waals surface area contributed by atoms with Crippen molar-refractivity contribution in [1.82, 2.24) is 0 Å². The molecule has 2 aliphatic rings. The Morgan fingerprint density at radius 1 is 0.846 bits per heavy atom. The smallest absolute Gasteiger partial charge is 1.00 e. The molecular formula is C10H10BrClTi. The topological polar surface area (TPSA) is 0 Å². The number of halogens is 2. The van der Waals surface area contributed by atoms with E-state index in [1.54, 1.807) is 0 Å². The van der Waals surface area contributed by atoms with E-state index >= 15 is 0 Å². The van der Waals surface area contributed by atoms with E-state index in [4.69, 9.17) is 0 Å². The standard InChI is InChI=1S/2C5H5.BrH.ClH.Ti/c2*1-2-4-5-3-1;;;/h2*1-3H,4H2;2*1H;/q2*-1;;;+4/p-2. The molecule has 0 heterocycles. The molecule has 0 atom stereocenters. The molecule has 0 fully saturated rings. The van der Waals surface area contributed by atoms with E-state index in [0.717, 1.165) is 12.8 Å². The molecule has 0 aromatic rings. The van der Waals surface area contributed by atoms with Crippen LogP contribution in [0.4, 0.5) is 0 Å². The third kappa shape index (κ3) is 12.4. The fraction of sp³-hybridized carbons (Fsp3) is 0.200. The van der Waals surface area contributed by atoms with E-state index < -0.39 is 0 Å². The Balaban J connectivity index is -0.000000125. The van der Waals surface area contributed by atoms with Gasteiger partial charge in [-0.2, -0.15) is 12.2 Å². The molecule has 0 amide bonds. The summed E-state index contributed by atoms with van der Waals surface area (Å²) in [7, 11) is 0. The van der Waals surface area contributed by atoms with Crippen molar-refractivity contribution in [2.24, 2.45) is 0 Å².